The molecular weight excluding hydrogens is 709 g/mol. The third kappa shape index (κ3) is 6.90. The van der Waals surface area contributed by atoms with Crippen molar-refractivity contribution in [1.29, 1.82) is 0 Å². The van der Waals surface area contributed by atoms with Crippen LogP contribution >= 0.6 is 0 Å². The molecule has 4 aliphatic heterocycles. The standard InChI is InChI=1S/C33H18N8.2C2H6O2S.2CH4/c1-2-10-19-18(9-1)26-34-27(19)37-31-24-15-7-8-16-25(24)33-39-29-21-12-4-3-11-20(21)28(35-29)38-32-23-14-6-5-13-22(23)30(36-26)40(32)17-41(31)33;2*1-5(2,3)4;;/h1-16H,17H2;2*1-2H3;2*1H4. The molecule has 4 aromatic carbocycles. The van der Waals surface area contributed by atoms with Crippen LogP contribution in [0, 0.1) is 0 Å². The highest BCUT2D eigenvalue weighted by Crippen LogP contribution is 2.40. The molecule has 0 spiro atoms. The van der Waals surface area contributed by atoms with Crippen LogP contribution in [0.2, 0.25) is 0 Å². The second-order valence-electron chi connectivity index (χ2n) is 12.7. The summed E-state index contributed by atoms with van der Waals surface area (Å²) in [6, 6.07) is 32.9. The van der Waals surface area contributed by atoms with Crippen molar-refractivity contribution in [3.8, 4) is 0 Å². The largest absolute Gasteiger partial charge is 0.291 e. The summed E-state index contributed by atoms with van der Waals surface area (Å²) in [5, 5.41) is 4.02. The molecule has 270 valence electrons. The lowest BCUT2D eigenvalue weighted by Crippen LogP contribution is -2.32. The van der Waals surface area contributed by atoms with Gasteiger partial charge in [-0.1, -0.05) is 112 Å². The fraction of sp³-hybridized carbons (Fsp3) is 0.179. The van der Waals surface area contributed by atoms with Gasteiger partial charge in [0.15, 0.2) is 23.3 Å². The molecule has 0 saturated carbocycles. The van der Waals surface area contributed by atoms with Gasteiger partial charge in [0.25, 0.3) is 0 Å². The van der Waals surface area contributed by atoms with Gasteiger partial charge in [-0.25, -0.2) is 46.8 Å². The average molecular weight is 747 g/mol. The lowest BCUT2D eigenvalue weighted by atomic mass is 10.1. The van der Waals surface area contributed by atoms with Gasteiger partial charge in [-0.15, -0.1) is 0 Å². The number of aliphatic imine (C=N–C) groups is 4. The topological polar surface area (TPSA) is 152 Å². The van der Waals surface area contributed by atoms with E-state index in [9.17, 15) is 16.8 Å². The van der Waals surface area contributed by atoms with Crippen molar-refractivity contribution in [1.82, 2.24) is 9.13 Å². The molecule has 4 aliphatic rings. The van der Waals surface area contributed by atoms with Crippen LogP contribution in [0.3, 0.4) is 0 Å². The molecule has 6 bridgehead atoms. The maximum atomic E-state index is 9.63. The number of sulfone groups is 2. The number of aromatic nitrogens is 2. The lowest BCUT2D eigenvalue weighted by Gasteiger charge is -2.12. The molecule has 0 atom stereocenters. The van der Waals surface area contributed by atoms with E-state index >= 15 is 0 Å². The van der Waals surface area contributed by atoms with Crippen LogP contribution in [-0.4, -0.2) is 74.3 Å². The van der Waals surface area contributed by atoms with Crippen LogP contribution in [0.1, 0.15) is 37.1 Å². The SMILES string of the molecule is C.C.CS(C)(=O)=O.CS(C)(=O)=O.c1ccc2c(c1)C1=NC2=Nc2c3ccccc3c3n2Cn2c(c4ccccc4c2=NC2=NC(=N3)c3ccccc32)=N1. The number of amidine groups is 4. The Morgan fingerprint density at radius 3 is 1.04 bits per heavy atom. The summed E-state index contributed by atoms with van der Waals surface area (Å²) < 4.78 is 42.8. The summed E-state index contributed by atoms with van der Waals surface area (Å²) in [5.41, 5.74) is 5.45. The van der Waals surface area contributed by atoms with Gasteiger partial charge in [0.05, 0.1) is 0 Å². The minimum atomic E-state index is -2.67. The summed E-state index contributed by atoms with van der Waals surface area (Å²) in [4.78, 5) is 30.9. The summed E-state index contributed by atoms with van der Waals surface area (Å²) in [6.45, 7) is 0.423. The molecule has 0 amide bonds. The smallest absolute Gasteiger partial charge is 0.164 e. The molecule has 0 radical (unpaired) electrons. The second-order valence-corrected chi connectivity index (χ2v) is 17.3. The Labute approximate surface area is 307 Å². The molecule has 10 rings (SSSR count). The number of hydrogen-bond acceptors (Lipinski definition) is 10. The van der Waals surface area contributed by atoms with E-state index in [4.69, 9.17) is 30.0 Å². The van der Waals surface area contributed by atoms with E-state index in [-0.39, 0.29) is 14.9 Å². The van der Waals surface area contributed by atoms with Crippen molar-refractivity contribution in [3.05, 3.63) is 130 Å². The highest BCUT2D eigenvalue weighted by molar-refractivity contribution is 7.90. The zero-order chi connectivity index (χ0) is 35.7. The van der Waals surface area contributed by atoms with Crippen molar-refractivity contribution in [3.63, 3.8) is 0 Å². The van der Waals surface area contributed by atoms with Gasteiger partial charge in [0.2, 0.25) is 0 Å². The predicted octanol–water partition coefficient (Wildman–Crippen LogP) is 5.64. The zero-order valence-electron chi connectivity index (χ0n) is 28.0. The molecule has 0 unspecified atom stereocenters. The van der Waals surface area contributed by atoms with Crippen molar-refractivity contribution >= 4 is 76.2 Å². The molecule has 0 fully saturated rings. The van der Waals surface area contributed by atoms with E-state index < -0.39 is 19.7 Å². The van der Waals surface area contributed by atoms with E-state index in [1.54, 1.807) is 0 Å². The number of rotatable bonds is 0. The highest BCUT2D eigenvalue weighted by atomic mass is 32.2. The van der Waals surface area contributed by atoms with Gasteiger partial charge in [-0.05, 0) is 0 Å². The summed E-state index contributed by atoms with van der Waals surface area (Å²) in [6.07, 6.45) is 4.64. The van der Waals surface area contributed by atoms with Gasteiger partial charge < -0.3 is 0 Å². The molecule has 2 aromatic heterocycles. The predicted molar refractivity (Wildman–Crippen MR) is 215 cm³/mol. The Morgan fingerprint density at radius 1 is 0.415 bits per heavy atom. The fourth-order valence-corrected chi connectivity index (χ4v) is 6.35. The molecule has 0 aliphatic carbocycles. The molecule has 14 heteroatoms. The fourth-order valence-electron chi connectivity index (χ4n) is 6.35. The third-order valence-corrected chi connectivity index (χ3v) is 8.21. The minimum Gasteiger partial charge on any atom is -0.291 e. The van der Waals surface area contributed by atoms with E-state index in [1.165, 1.54) is 0 Å². The molecule has 12 nitrogen and oxygen atoms in total. The van der Waals surface area contributed by atoms with E-state index in [2.05, 4.69) is 57.7 Å². The quantitative estimate of drug-likeness (QED) is 0.198. The highest BCUT2D eigenvalue weighted by Gasteiger charge is 2.29. The summed E-state index contributed by atoms with van der Waals surface area (Å²) >= 11 is 0. The maximum absolute atomic E-state index is 9.63. The Hall–Kier alpha value is -5.86. The van der Waals surface area contributed by atoms with Crippen LogP contribution in [-0.2, 0) is 26.3 Å². The van der Waals surface area contributed by atoms with Gasteiger partial charge in [0.1, 0.15) is 49.0 Å². The number of nitrogens with zero attached hydrogens (tertiary/aromatic N) is 8. The summed E-state index contributed by atoms with van der Waals surface area (Å²) in [5.74, 6) is 4.18. The molecule has 6 aromatic rings. The van der Waals surface area contributed by atoms with Crippen molar-refractivity contribution < 1.29 is 16.8 Å². The Kier molecular flexibility index (Phi) is 9.47. The van der Waals surface area contributed by atoms with E-state index in [0.717, 1.165) is 91.4 Å². The van der Waals surface area contributed by atoms with Gasteiger partial charge in [-0.2, -0.15) is 0 Å². The van der Waals surface area contributed by atoms with Crippen LogP contribution < -0.4 is 11.0 Å². The first-order valence-electron chi connectivity index (χ1n) is 15.8. The molecule has 0 N–H and O–H groups in total. The van der Waals surface area contributed by atoms with Crippen LogP contribution in [0.25, 0.3) is 21.5 Å². The Morgan fingerprint density at radius 2 is 0.698 bits per heavy atom. The number of hydrogen-bond donors (Lipinski definition) is 0. The third-order valence-electron chi connectivity index (χ3n) is 8.21. The van der Waals surface area contributed by atoms with Crippen LogP contribution in [0.5, 0.6) is 0 Å². The zero-order valence-corrected chi connectivity index (χ0v) is 29.6. The van der Waals surface area contributed by atoms with E-state index in [1.807, 2.05) is 48.5 Å². The van der Waals surface area contributed by atoms with Gasteiger partial charge >= 0.3 is 0 Å². The Bertz CT molecular complexity index is 2760. The second kappa shape index (κ2) is 13.6. The van der Waals surface area contributed by atoms with Crippen molar-refractivity contribution in [2.24, 2.45) is 30.0 Å². The Balaban J connectivity index is 0.000000359. The van der Waals surface area contributed by atoms with Crippen molar-refractivity contribution in [2.75, 3.05) is 25.0 Å². The molecular formula is C39H38N8O4S2. The van der Waals surface area contributed by atoms with Crippen LogP contribution in [0.15, 0.2) is 127 Å². The first-order valence-corrected chi connectivity index (χ1v) is 20.4. The summed E-state index contributed by atoms with van der Waals surface area (Å²) in [7, 11) is -5.33. The average Bonchev–Trinajstić information content (AvgIpc) is 3.77. The van der Waals surface area contributed by atoms with E-state index in [0.29, 0.717) is 30.0 Å². The maximum Gasteiger partial charge on any atom is 0.164 e. The van der Waals surface area contributed by atoms with Gasteiger partial charge in [-0.3, -0.25) is 9.13 Å². The first-order chi connectivity index (χ1) is 24.3. The molecule has 6 heterocycles. The van der Waals surface area contributed by atoms with Gasteiger partial charge in [0, 0.05) is 68.8 Å². The minimum absolute atomic E-state index is 0. The molecule has 0 saturated heterocycles. The number of fused-ring (bicyclic) bond motifs is 14. The monoisotopic (exact) mass is 746 g/mol. The normalized spacial score (nSPS) is 14.3. The van der Waals surface area contributed by atoms with Crippen molar-refractivity contribution in [2.45, 2.75) is 21.5 Å². The first kappa shape index (κ1) is 36.9. The number of benzene rings is 4. The van der Waals surface area contributed by atoms with Crippen LogP contribution in [0.4, 0.5) is 11.6 Å². The molecule has 53 heavy (non-hydrogen) atoms. The lowest BCUT2D eigenvalue weighted by molar-refractivity contribution is 0.584.